The van der Waals surface area contributed by atoms with Crippen molar-refractivity contribution in [3.05, 3.63) is 70.2 Å². The molecule has 0 atom stereocenters. The van der Waals surface area contributed by atoms with Crippen molar-refractivity contribution in [2.75, 3.05) is 7.05 Å². The molecule has 1 fully saturated rings. The van der Waals surface area contributed by atoms with E-state index in [2.05, 4.69) is 17.2 Å². The number of aromatic hydroxyl groups is 1. The second-order valence-corrected chi connectivity index (χ2v) is 6.58. The van der Waals surface area contributed by atoms with Crippen molar-refractivity contribution in [1.29, 1.82) is 0 Å². The zero-order valence-corrected chi connectivity index (χ0v) is 14.8. The van der Waals surface area contributed by atoms with Gasteiger partial charge in [0.05, 0.1) is 17.7 Å². The highest BCUT2D eigenvalue weighted by molar-refractivity contribution is 5.95. The van der Waals surface area contributed by atoms with E-state index in [1.807, 2.05) is 6.07 Å². The fraction of sp³-hybridized carbons (Fsp3) is 0.300. The molecule has 0 aliphatic heterocycles. The number of aromatic nitrogens is 1. The minimum atomic E-state index is -0.243. The van der Waals surface area contributed by atoms with Gasteiger partial charge in [0.25, 0.3) is 11.5 Å². The van der Waals surface area contributed by atoms with Crippen molar-refractivity contribution in [2.24, 2.45) is 0 Å². The first-order valence-electron chi connectivity index (χ1n) is 8.68. The molecule has 6 nitrogen and oxygen atoms in total. The zero-order chi connectivity index (χ0) is 18.7. The van der Waals surface area contributed by atoms with Crippen molar-refractivity contribution < 1.29 is 9.90 Å². The molecule has 3 N–H and O–H groups in total. The number of benzene rings is 1. The summed E-state index contributed by atoms with van der Waals surface area (Å²) in [6.45, 7) is 4.11. The van der Waals surface area contributed by atoms with Gasteiger partial charge in [-0.3, -0.25) is 9.59 Å². The molecule has 0 spiro atoms. The molecular weight excluding hydrogens is 330 g/mol. The van der Waals surface area contributed by atoms with Crippen LogP contribution in [0.4, 0.5) is 0 Å². The van der Waals surface area contributed by atoms with E-state index in [1.54, 1.807) is 37.5 Å². The van der Waals surface area contributed by atoms with E-state index in [0.717, 1.165) is 24.8 Å². The molecule has 1 heterocycles. The average molecular weight is 353 g/mol. The van der Waals surface area contributed by atoms with Gasteiger partial charge in [0.15, 0.2) is 0 Å². The van der Waals surface area contributed by atoms with Crippen LogP contribution in [0.15, 0.2) is 47.9 Å². The predicted molar refractivity (Wildman–Crippen MR) is 101 cm³/mol. The highest BCUT2D eigenvalue weighted by atomic mass is 16.3. The van der Waals surface area contributed by atoms with E-state index in [4.69, 9.17) is 0 Å². The van der Waals surface area contributed by atoms with E-state index >= 15 is 0 Å². The number of carbonyl (C=O) groups is 1. The maximum absolute atomic E-state index is 12.8. The Morgan fingerprint density at radius 1 is 1.35 bits per heavy atom. The van der Waals surface area contributed by atoms with Gasteiger partial charge < -0.3 is 20.3 Å². The first-order chi connectivity index (χ1) is 12.5. The Balaban J connectivity index is 1.98. The molecule has 1 aromatic carbocycles. The normalized spacial score (nSPS) is 13.7. The van der Waals surface area contributed by atoms with Gasteiger partial charge in [0.1, 0.15) is 5.75 Å². The molecule has 1 aliphatic carbocycles. The van der Waals surface area contributed by atoms with Crippen molar-refractivity contribution in [1.82, 2.24) is 15.2 Å². The molecule has 2 aromatic rings. The van der Waals surface area contributed by atoms with Crippen LogP contribution in [0.25, 0.3) is 5.70 Å². The maximum Gasteiger partial charge on any atom is 0.260 e. The second kappa shape index (κ2) is 7.47. The minimum Gasteiger partial charge on any atom is -0.508 e. The number of rotatable bonds is 6. The Labute approximate surface area is 152 Å². The fourth-order valence-corrected chi connectivity index (χ4v) is 2.90. The summed E-state index contributed by atoms with van der Waals surface area (Å²) in [5.41, 5.74) is 1.76. The number of amides is 1. The summed E-state index contributed by atoms with van der Waals surface area (Å²) in [6.07, 6.45) is 4.67. The molecular formula is C20H23N3O3. The standard InChI is InChI=1S/C20H23N3O3/c1-13(21-2)18-10-15(19(25)22-16-6-4-7-16)12-23(20(18)26)11-14-5-3-8-17(24)9-14/h3,5,8-10,12,16,21,24H,1,4,6-7,11H2,2H3,(H,22,25). The summed E-state index contributed by atoms with van der Waals surface area (Å²) in [5.74, 6) is -0.0567. The molecule has 1 aromatic heterocycles. The van der Waals surface area contributed by atoms with Crippen LogP contribution in [0.2, 0.25) is 0 Å². The first kappa shape index (κ1) is 17.8. The number of nitrogens with zero attached hydrogens (tertiary/aromatic N) is 1. The molecule has 1 aliphatic rings. The van der Waals surface area contributed by atoms with Crippen molar-refractivity contribution in [3.63, 3.8) is 0 Å². The Morgan fingerprint density at radius 2 is 2.12 bits per heavy atom. The van der Waals surface area contributed by atoms with Gasteiger partial charge in [-0.1, -0.05) is 18.7 Å². The molecule has 0 radical (unpaired) electrons. The van der Waals surface area contributed by atoms with Crippen LogP contribution in [-0.2, 0) is 6.54 Å². The van der Waals surface area contributed by atoms with Crippen LogP contribution in [0, 0.1) is 0 Å². The van der Waals surface area contributed by atoms with Crippen LogP contribution < -0.4 is 16.2 Å². The predicted octanol–water partition coefficient (Wildman–Crippen LogP) is 2.07. The molecule has 1 amide bonds. The van der Waals surface area contributed by atoms with Gasteiger partial charge in [0.2, 0.25) is 0 Å². The van der Waals surface area contributed by atoms with Crippen molar-refractivity contribution >= 4 is 11.6 Å². The first-order valence-corrected chi connectivity index (χ1v) is 8.68. The summed E-state index contributed by atoms with van der Waals surface area (Å²) < 4.78 is 1.47. The minimum absolute atomic E-state index is 0.134. The third-order valence-electron chi connectivity index (χ3n) is 4.68. The van der Waals surface area contributed by atoms with E-state index < -0.39 is 0 Å². The molecule has 26 heavy (non-hydrogen) atoms. The summed E-state index contributed by atoms with van der Waals surface area (Å²) in [7, 11) is 1.68. The van der Waals surface area contributed by atoms with Crippen LogP contribution in [-0.4, -0.2) is 28.7 Å². The van der Waals surface area contributed by atoms with Crippen LogP contribution in [0.1, 0.15) is 40.7 Å². The van der Waals surface area contributed by atoms with Crippen molar-refractivity contribution in [3.8, 4) is 5.75 Å². The smallest absolute Gasteiger partial charge is 0.260 e. The molecule has 0 saturated heterocycles. The molecule has 0 bridgehead atoms. The Hall–Kier alpha value is -3.02. The monoisotopic (exact) mass is 353 g/mol. The van der Waals surface area contributed by atoms with Gasteiger partial charge in [-0.25, -0.2) is 0 Å². The Morgan fingerprint density at radius 3 is 2.73 bits per heavy atom. The Kier molecular flexibility index (Phi) is 5.11. The van der Waals surface area contributed by atoms with E-state index in [1.165, 1.54) is 4.57 Å². The molecule has 1 saturated carbocycles. The number of nitrogens with one attached hydrogen (secondary N) is 2. The molecule has 136 valence electrons. The summed E-state index contributed by atoms with van der Waals surface area (Å²) in [5, 5.41) is 15.5. The lowest BCUT2D eigenvalue weighted by Crippen LogP contribution is -2.40. The zero-order valence-electron chi connectivity index (χ0n) is 14.8. The molecule has 6 heteroatoms. The number of pyridine rings is 1. The highest BCUT2D eigenvalue weighted by Gasteiger charge is 2.21. The molecule has 3 rings (SSSR count). The fourth-order valence-electron chi connectivity index (χ4n) is 2.90. The summed E-state index contributed by atoms with van der Waals surface area (Å²) >= 11 is 0. The Bertz CT molecular complexity index is 897. The number of carbonyl (C=O) groups excluding carboxylic acids is 1. The third-order valence-corrected chi connectivity index (χ3v) is 4.68. The number of phenols is 1. The van der Waals surface area contributed by atoms with E-state index in [-0.39, 0.29) is 29.8 Å². The summed E-state index contributed by atoms with van der Waals surface area (Å²) in [4.78, 5) is 25.4. The quantitative estimate of drug-likeness (QED) is 0.742. The van der Waals surface area contributed by atoms with Gasteiger partial charge >= 0.3 is 0 Å². The topological polar surface area (TPSA) is 83.4 Å². The SMILES string of the molecule is C=C(NC)c1cc(C(=O)NC2CCC2)cn(Cc2cccc(O)c2)c1=O. The maximum atomic E-state index is 12.8. The van der Waals surface area contributed by atoms with Gasteiger partial charge in [-0.05, 0) is 43.0 Å². The highest BCUT2D eigenvalue weighted by Crippen LogP contribution is 2.19. The van der Waals surface area contributed by atoms with Crippen LogP contribution in [0.5, 0.6) is 5.75 Å². The van der Waals surface area contributed by atoms with Crippen LogP contribution >= 0.6 is 0 Å². The number of hydrogen-bond acceptors (Lipinski definition) is 4. The van der Waals surface area contributed by atoms with Gasteiger partial charge in [-0.2, -0.15) is 0 Å². The van der Waals surface area contributed by atoms with Gasteiger partial charge in [-0.15, -0.1) is 0 Å². The van der Waals surface area contributed by atoms with Crippen LogP contribution in [0.3, 0.4) is 0 Å². The van der Waals surface area contributed by atoms with E-state index in [9.17, 15) is 14.7 Å². The number of phenolic OH excluding ortho intramolecular Hbond substituents is 1. The average Bonchev–Trinajstić information content (AvgIpc) is 2.59. The molecule has 0 unspecified atom stereocenters. The van der Waals surface area contributed by atoms with E-state index in [0.29, 0.717) is 16.8 Å². The lowest BCUT2D eigenvalue weighted by Gasteiger charge is -2.26. The number of hydrogen-bond donors (Lipinski definition) is 3. The largest absolute Gasteiger partial charge is 0.508 e. The van der Waals surface area contributed by atoms with Gasteiger partial charge in [0, 0.05) is 25.0 Å². The van der Waals surface area contributed by atoms with Crippen molar-refractivity contribution in [2.45, 2.75) is 31.8 Å². The third kappa shape index (κ3) is 3.79. The second-order valence-electron chi connectivity index (χ2n) is 6.58. The lowest BCUT2D eigenvalue weighted by molar-refractivity contribution is 0.0916. The lowest BCUT2D eigenvalue weighted by atomic mass is 9.93. The summed E-state index contributed by atoms with van der Waals surface area (Å²) in [6, 6.07) is 8.50.